The summed E-state index contributed by atoms with van der Waals surface area (Å²) in [6, 6.07) is 1.62. The molecular formula is C17H28N2O2. The van der Waals surface area contributed by atoms with E-state index in [2.05, 4.69) is 23.8 Å². The molecular weight excluding hydrogens is 264 g/mol. The summed E-state index contributed by atoms with van der Waals surface area (Å²) < 4.78 is 5.95. The van der Waals surface area contributed by atoms with Gasteiger partial charge in [0.05, 0.1) is 0 Å². The molecule has 4 nitrogen and oxygen atoms in total. The van der Waals surface area contributed by atoms with E-state index in [0.29, 0.717) is 18.4 Å². The van der Waals surface area contributed by atoms with E-state index in [1.165, 1.54) is 32.1 Å². The van der Waals surface area contributed by atoms with E-state index in [1.807, 2.05) is 6.92 Å². The van der Waals surface area contributed by atoms with E-state index in [-0.39, 0.29) is 11.7 Å². The van der Waals surface area contributed by atoms with Crippen LogP contribution < -0.4 is 5.56 Å². The van der Waals surface area contributed by atoms with Crippen molar-refractivity contribution in [3.63, 3.8) is 0 Å². The number of nitrogens with one attached hydrogen (secondary N) is 1. The minimum Gasteiger partial charge on any atom is -0.370 e. The quantitative estimate of drug-likeness (QED) is 0.871. The van der Waals surface area contributed by atoms with Crippen molar-refractivity contribution in [2.45, 2.75) is 65.4 Å². The summed E-state index contributed by atoms with van der Waals surface area (Å²) in [6.45, 7) is 6.94. The van der Waals surface area contributed by atoms with Gasteiger partial charge in [0.1, 0.15) is 11.9 Å². The molecule has 1 N–H and O–H groups in total. The fourth-order valence-electron chi connectivity index (χ4n) is 3.24. The van der Waals surface area contributed by atoms with Gasteiger partial charge in [0.15, 0.2) is 0 Å². The molecule has 1 aromatic heterocycles. The van der Waals surface area contributed by atoms with E-state index in [9.17, 15) is 4.79 Å². The van der Waals surface area contributed by atoms with Crippen molar-refractivity contribution < 1.29 is 4.74 Å². The monoisotopic (exact) mass is 292 g/mol. The summed E-state index contributed by atoms with van der Waals surface area (Å²) in [5.74, 6) is 1.70. The first kappa shape index (κ1) is 16.2. The second-order valence-corrected chi connectivity index (χ2v) is 6.49. The number of nitrogens with zero attached hydrogens (tertiary/aromatic N) is 1. The van der Waals surface area contributed by atoms with Crippen LogP contribution in [0.2, 0.25) is 0 Å². The van der Waals surface area contributed by atoms with E-state index < -0.39 is 0 Å². The fraction of sp³-hybridized carbons (Fsp3) is 0.765. The van der Waals surface area contributed by atoms with Gasteiger partial charge in [-0.25, -0.2) is 4.98 Å². The Hall–Kier alpha value is -1.16. The van der Waals surface area contributed by atoms with Crippen molar-refractivity contribution in [3.05, 3.63) is 27.9 Å². The molecule has 21 heavy (non-hydrogen) atoms. The van der Waals surface area contributed by atoms with Crippen molar-refractivity contribution in [3.8, 4) is 0 Å². The summed E-state index contributed by atoms with van der Waals surface area (Å²) in [6.07, 6.45) is 6.93. The van der Waals surface area contributed by atoms with Gasteiger partial charge in [0, 0.05) is 18.4 Å². The van der Waals surface area contributed by atoms with Crippen molar-refractivity contribution in [2.75, 3.05) is 6.61 Å². The smallest absolute Gasteiger partial charge is 0.251 e. The molecule has 1 aliphatic carbocycles. The third-order valence-corrected chi connectivity index (χ3v) is 4.12. The Kier molecular flexibility index (Phi) is 5.97. The maximum Gasteiger partial charge on any atom is 0.251 e. The number of aromatic amines is 1. The van der Waals surface area contributed by atoms with E-state index in [1.54, 1.807) is 6.07 Å². The largest absolute Gasteiger partial charge is 0.370 e. The summed E-state index contributed by atoms with van der Waals surface area (Å²) in [4.78, 5) is 19.5. The third kappa shape index (κ3) is 4.67. The van der Waals surface area contributed by atoms with Gasteiger partial charge in [-0.2, -0.15) is 0 Å². The van der Waals surface area contributed by atoms with Crippen LogP contribution >= 0.6 is 0 Å². The molecule has 0 saturated heterocycles. The van der Waals surface area contributed by atoms with E-state index in [4.69, 9.17) is 4.74 Å². The zero-order valence-corrected chi connectivity index (χ0v) is 13.5. The van der Waals surface area contributed by atoms with Crippen LogP contribution in [0.4, 0.5) is 0 Å². The number of rotatable bonds is 6. The van der Waals surface area contributed by atoms with Crippen molar-refractivity contribution in [2.24, 2.45) is 11.8 Å². The first-order valence-corrected chi connectivity index (χ1v) is 8.32. The molecule has 1 aromatic rings. The molecule has 1 fully saturated rings. The normalized spacial score (nSPS) is 18.1. The minimum absolute atomic E-state index is 0.0591. The van der Waals surface area contributed by atoms with E-state index >= 15 is 0 Å². The van der Waals surface area contributed by atoms with Crippen LogP contribution in [0.5, 0.6) is 0 Å². The number of ether oxygens (including phenoxy) is 1. The van der Waals surface area contributed by atoms with Crippen molar-refractivity contribution in [1.82, 2.24) is 9.97 Å². The topological polar surface area (TPSA) is 55.0 Å². The molecule has 1 heterocycles. The zero-order chi connectivity index (χ0) is 15.2. The molecule has 0 aromatic carbocycles. The summed E-state index contributed by atoms with van der Waals surface area (Å²) in [5.41, 5.74) is 0.820. The van der Waals surface area contributed by atoms with E-state index in [0.717, 1.165) is 17.9 Å². The molecule has 1 aliphatic rings. The lowest BCUT2D eigenvalue weighted by atomic mass is 9.85. The SMILES string of the molecule is CCOC(c1nc(CC(C)C)cc(=O)[nH]1)C1CCCCC1. The molecule has 1 unspecified atom stereocenters. The van der Waals surface area contributed by atoms with Crippen molar-refractivity contribution in [1.29, 1.82) is 0 Å². The molecule has 4 heteroatoms. The zero-order valence-electron chi connectivity index (χ0n) is 13.5. The highest BCUT2D eigenvalue weighted by Gasteiger charge is 2.27. The lowest BCUT2D eigenvalue weighted by Gasteiger charge is -2.29. The van der Waals surface area contributed by atoms with Crippen LogP contribution in [0, 0.1) is 11.8 Å². The summed E-state index contributed by atoms with van der Waals surface area (Å²) in [7, 11) is 0. The van der Waals surface area contributed by atoms with Gasteiger partial charge >= 0.3 is 0 Å². The highest BCUT2D eigenvalue weighted by Crippen LogP contribution is 2.35. The van der Waals surface area contributed by atoms with Gasteiger partial charge in [-0.05, 0) is 38.0 Å². The van der Waals surface area contributed by atoms with Gasteiger partial charge in [-0.3, -0.25) is 4.79 Å². The predicted octanol–water partition coefficient (Wildman–Crippen LogP) is 3.63. The Morgan fingerprint density at radius 1 is 1.33 bits per heavy atom. The first-order chi connectivity index (χ1) is 10.1. The number of hydrogen-bond donors (Lipinski definition) is 1. The van der Waals surface area contributed by atoms with Crippen LogP contribution in [0.1, 0.15) is 70.5 Å². The molecule has 1 saturated carbocycles. The molecule has 1 atom stereocenters. The molecule has 0 spiro atoms. The lowest BCUT2D eigenvalue weighted by molar-refractivity contribution is -0.000493. The molecule has 0 bridgehead atoms. The fourth-order valence-corrected chi connectivity index (χ4v) is 3.24. The average molecular weight is 292 g/mol. The van der Waals surface area contributed by atoms with Gasteiger partial charge in [-0.15, -0.1) is 0 Å². The molecule has 2 rings (SSSR count). The molecule has 0 amide bonds. The van der Waals surface area contributed by atoms with Gasteiger partial charge in [0.2, 0.25) is 0 Å². The maximum absolute atomic E-state index is 11.9. The maximum atomic E-state index is 11.9. The molecule has 0 aliphatic heterocycles. The third-order valence-electron chi connectivity index (χ3n) is 4.12. The minimum atomic E-state index is -0.0601. The van der Waals surface area contributed by atoms with Crippen LogP contribution in [-0.2, 0) is 11.2 Å². The highest BCUT2D eigenvalue weighted by molar-refractivity contribution is 5.06. The van der Waals surface area contributed by atoms with Gasteiger partial charge in [0.25, 0.3) is 5.56 Å². The van der Waals surface area contributed by atoms with Crippen LogP contribution in [0.15, 0.2) is 10.9 Å². The predicted molar refractivity (Wildman–Crippen MR) is 84.3 cm³/mol. The van der Waals surface area contributed by atoms with Crippen LogP contribution in [-0.4, -0.2) is 16.6 Å². The Morgan fingerprint density at radius 2 is 2.05 bits per heavy atom. The van der Waals surface area contributed by atoms with Gasteiger partial charge in [-0.1, -0.05) is 33.1 Å². The van der Waals surface area contributed by atoms with Crippen LogP contribution in [0.3, 0.4) is 0 Å². The second kappa shape index (κ2) is 7.74. The lowest BCUT2D eigenvalue weighted by Crippen LogP contribution is -2.25. The summed E-state index contributed by atoms with van der Waals surface area (Å²) in [5, 5.41) is 0. The Labute approximate surface area is 127 Å². The Morgan fingerprint density at radius 3 is 2.67 bits per heavy atom. The standard InChI is InChI=1S/C17H28N2O2/c1-4-21-16(13-8-6-5-7-9-13)17-18-14(10-12(2)3)11-15(20)19-17/h11-13,16H,4-10H2,1-3H3,(H,18,19,20). The highest BCUT2D eigenvalue weighted by atomic mass is 16.5. The molecule has 0 radical (unpaired) electrons. The van der Waals surface area contributed by atoms with Crippen LogP contribution in [0.25, 0.3) is 0 Å². The second-order valence-electron chi connectivity index (χ2n) is 6.49. The first-order valence-electron chi connectivity index (χ1n) is 8.32. The molecule has 118 valence electrons. The number of hydrogen-bond acceptors (Lipinski definition) is 3. The van der Waals surface area contributed by atoms with Gasteiger partial charge < -0.3 is 9.72 Å². The summed E-state index contributed by atoms with van der Waals surface area (Å²) >= 11 is 0. The number of aromatic nitrogens is 2. The van der Waals surface area contributed by atoms with Crippen molar-refractivity contribution >= 4 is 0 Å². The Balaban J connectivity index is 2.25. The average Bonchev–Trinajstić information content (AvgIpc) is 2.44. The Bertz CT molecular complexity index is 490. The number of H-pyrrole nitrogens is 1.